The van der Waals surface area contributed by atoms with Crippen LogP contribution in [-0.4, -0.2) is 18.2 Å². The van der Waals surface area contributed by atoms with Crippen LogP contribution in [0.4, 0.5) is 0 Å². The van der Waals surface area contributed by atoms with E-state index in [1.54, 1.807) is 12.1 Å². The molecule has 0 aromatic carbocycles. The molecule has 0 spiro atoms. The minimum atomic E-state index is -0.353. The van der Waals surface area contributed by atoms with E-state index in [-0.39, 0.29) is 11.1 Å². The van der Waals surface area contributed by atoms with Gasteiger partial charge in [0.2, 0.25) is 0 Å². The third-order valence-electron chi connectivity index (χ3n) is 1.35. The van der Waals surface area contributed by atoms with Gasteiger partial charge in [-0.1, -0.05) is 0 Å². The molecule has 1 aromatic rings. The maximum absolute atomic E-state index is 11.1. The van der Waals surface area contributed by atoms with Crippen molar-refractivity contribution in [3.05, 3.63) is 30.2 Å². The number of ether oxygens (including phenoxy) is 1. The summed E-state index contributed by atoms with van der Waals surface area (Å²) in [5.74, 6) is 0.247. The molecule has 1 aromatic heterocycles. The molecule has 1 amide bonds. The van der Waals surface area contributed by atoms with Gasteiger partial charge in [-0.25, -0.2) is 0 Å². The largest absolute Gasteiger partial charge is 0.474 e. The number of amides is 1. The van der Waals surface area contributed by atoms with Crippen LogP contribution in [-0.2, 0) is 9.53 Å². The molecule has 14 heavy (non-hydrogen) atoms. The Balaban J connectivity index is 2.45. The number of thiocarbonyl (C=S) groups is 1. The van der Waals surface area contributed by atoms with E-state index in [0.717, 1.165) is 0 Å². The molecule has 0 aliphatic heterocycles. The molecule has 0 fully saturated rings. The molecular formula is C9H9NO3S. The standard InChI is InChI=1S/C9H9NO3S/c1-12-9(14)10-8(11)5-4-7-3-2-6-13-7/h2-6H,1H3,(H,10,11,14)/b5-4+. The van der Waals surface area contributed by atoms with Gasteiger partial charge in [-0.05, 0) is 30.4 Å². The van der Waals surface area contributed by atoms with Gasteiger partial charge in [0.1, 0.15) is 5.76 Å². The molecule has 0 saturated heterocycles. The molecular weight excluding hydrogens is 202 g/mol. The van der Waals surface area contributed by atoms with E-state index in [1.165, 1.54) is 25.5 Å². The van der Waals surface area contributed by atoms with Gasteiger partial charge in [0.05, 0.1) is 13.4 Å². The van der Waals surface area contributed by atoms with Crippen LogP contribution < -0.4 is 5.32 Å². The van der Waals surface area contributed by atoms with Crippen LogP contribution in [0.5, 0.6) is 0 Å². The van der Waals surface area contributed by atoms with Crippen molar-refractivity contribution in [1.82, 2.24) is 5.32 Å². The number of hydrogen-bond donors (Lipinski definition) is 1. The second kappa shape index (κ2) is 5.18. The van der Waals surface area contributed by atoms with Crippen molar-refractivity contribution >= 4 is 29.4 Å². The Morgan fingerprint density at radius 1 is 1.71 bits per heavy atom. The van der Waals surface area contributed by atoms with Gasteiger partial charge in [0.25, 0.3) is 11.1 Å². The van der Waals surface area contributed by atoms with E-state index in [4.69, 9.17) is 4.42 Å². The third-order valence-corrected chi connectivity index (χ3v) is 1.62. The predicted molar refractivity (Wildman–Crippen MR) is 55.5 cm³/mol. The fourth-order valence-corrected chi connectivity index (χ4v) is 0.838. The van der Waals surface area contributed by atoms with Crippen LogP contribution in [0.2, 0.25) is 0 Å². The van der Waals surface area contributed by atoms with Gasteiger partial charge in [0, 0.05) is 6.08 Å². The van der Waals surface area contributed by atoms with E-state index in [9.17, 15) is 4.79 Å². The maximum atomic E-state index is 11.1. The number of furan rings is 1. The lowest BCUT2D eigenvalue weighted by Crippen LogP contribution is -2.28. The van der Waals surface area contributed by atoms with Crippen LogP contribution in [0.25, 0.3) is 6.08 Å². The zero-order valence-corrected chi connectivity index (χ0v) is 8.34. The number of rotatable bonds is 2. The molecule has 1 heterocycles. The highest BCUT2D eigenvalue weighted by atomic mass is 32.1. The normalized spacial score (nSPS) is 10.1. The quantitative estimate of drug-likeness (QED) is 0.592. The smallest absolute Gasteiger partial charge is 0.263 e. The van der Waals surface area contributed by atoms with Crippen molar-refractivity contribution in [3.8, 4) is 0 Å². The lowest BCUT2D eigenvalue weighted by Gasteiger charge is -2.00. The third kappa shape index (κ3) is 3.40. The summed E-state index contributed by atoms with van der Waals surface area (Å²) in [6.07, 6.45) is 4.37. The Morgan fingerprint density at radius 2 is 2.50 bits per heavy atom. The van der Waals surface area contributed by atoms with Gasteiger partial charge < -0.3 is 9.15 Å². The molecule has 5 heteroatoms. The molecule has 74 valence electrons. The highest BCUT2D eigenvalue weighted by Gasteiger charge is 1.99. The molecule has 4 nitrogen and oxygen atoms in total. The van der Waals surface area contributed by atoms with Crippen LogP contribution in [0.15, 0.2) is 28.9 Å². The van der Waals surface area contributed by atoms with E-state index < -0.39 is 0 Å². The average molecular weight is 211 g/mol. The summed E-state index contributed by atoms with van der Waals surface area (Å²) < 4.78 is 9.58. The van der Waals surface area contributed by atoms with Crippen LogP contribution >= 0.6 is 12.2 Å². The summed E-state index contributed by atoms with van der Waals surface area (Å²) in [5, 5.41) is 2.37. The molecule has 0 unspecified atom stereocenters. The van der Waals surface area contributed by atoms with Gasteiger partial charge >= 0.3 is 0 Å². The Hall–Kier alpha value is -1.62. The lowest BCUT2D eigenvalue weighted by atomic mass is 10.4. The first kappa shape index (κ1) is 10.5. The Morgan fingerprint density at radius 3 is 3.07 bits per heavy atom. The maximum Gasteiger partial charge on any atom is 0.263 e. The van der Waals surface area contributed by atoms with Crippen LogP contribution in [0.3, 0.4) is 0 Å². The highest BCUT2D eigenvalue weighted by molar-refractivity contribution is 7.80. The Labute approximate surface area is 86.5 Å². The summed E-state index contributed by atoms with van der Waals surface area (Å²) >= 11 is 4.63. The minimum Gasteiger partial charge on any atom is -0.474 e. The van der Waals surface area contributed by atoms with Crippen LogP contribution in [0.1, 0.15) is 5.76 Å². The zero-order valence-electron chi connectivity index (χ0n) is 7.52. The monoisotopic (exact) mass is 211 g/mol. The molecule has 0 saturated carbocycles. The van der Waals surface area contributed by atoms with E-state index in [1.807, 2.05) is 0 Å². The van der Waals surface area contributed by atoms with Crippen molar-refractivity contribution in [3.63, 3.8) is 0 Å². The van der Waals surface area contributed by atoms with Crippen molar-refractivity contribution in [1.29, 1.82) is 0 Å². The minimum absolute atomic E-state index is 0.0408. The van der Waals surface area contributed by atoms with Crippen molar-refractivity contribution < 1.29 is 13.9 Å². The fraction of sp³-hybridized carbons (Fsp3) is 0.111. The Kier molecular flexibility index (Phi) is 3.87. The lowest BCUT2D eigenvalue weighted by molar-refractivity contribution is -0.115. The predicted octanol–water partition coefficient (Wildman–Crippen LogP) is 1.34. The van der Waals surface area contributed by atoms with Gasteiger partial charge in [-0.15, -0.1) is 0 Å². The summed E-state index contributed by atoms with van der Waals surface area (Å²) in [6.45, 7) is 0. The summed E-state index contributed by atoms with van der Waals surface area (Å²) in [5.41, 5.74) is 0. The van der Waals surface area contributed by atoms with Crippen molar-refractivity contribution in [2.45, 2.75) is 0 Å². The number of carbonyl (C=O) groups is 1. The molecule has 0 aliphatic carbocycles. The average Bonchev–Trinajstić information content (AvgIpc) is 2.67. The topological polar surface area (TPSA) is 51.5 Å². The van der Waals surface area contributed by atoms with E-state index in [2.05, 4.69) is 22.3 Å². The van der Waals surface area contributed by atoms with Crippen molar-refractivity contribution in [2.75, 3.05) is 7.11 Å². The second-order valence-corrected chi connectivity index (χ2v) is 2.70. The van der Waals surface area contributed by atoms with E-state index >= 15 is 0 Å². The zero-order chi connectivity index (χ0) is 10.4. The number of carbonyl (C=O) groups excluding carboxylic acids is 1. The summed E-state index contributed by atoms with van der Waals surface area (Å²) in [4.78, 5) is 11.1. The first-order valence-electron chi connectivity index (χ1n) is 3.83. The molecule has 1 N–H and O–H groups in total. The van der Waals surface area contributed by atoms with Crippen LogP contribution in [0, 0.1) is 0 Å². The van der Waals surface area contributed by atoms with Gasteiger partial charge in [-0.2, -0.15) is 0 Å². The molecule has 0 aliphatic rings. The molecule has 0 atom stereocenters. The SMILES string of the molecule is COC(=S)NC(=O)/C=C/c1ccco1. The fourth-order valence-electron chi connectivity index (χ4n) is 0.737. The summed E-state index contributed by atoms with van der Waals surface area (Å²) in [6, 6.07) is 3.47. The summed E-state index contributed by atoms with van der Waals surface area (Å²) in [7, 11) is 1.39. The van der Waals surface area contributed by atoms with E-state index in [0.29, 0.717) is 5.76 Å². The second-order valence-electron chi connectivity index (χ2n) is 2.33. The van der Waals surface area contributed by atoms with Gasteiger partial charge in [-0.3, -0.25) is 10.1 Å². The first-order chi connectivity index (χ1) is 6.72. The van der Waals surface area contributed by atoms with Gasteiger partial charge in [0.15, 0.2) is 0 Å². The Bertz CT molecular complexity index is 343. The molecule has 0 bridgehead atoms. The van der Waals surface area contributed by atoms with Crippen molar-refractivity contribution in [2.24, 2.45) is 0 Å². The highest BCUT2D eigenvalue weighted by Crippen LogP contribution is 2.01. The first-order valence-corrected chi connectivity index (χ1v) is 4.23. The molecule has 1 rings (SSSR count). The number of methoxy groups -OCH3 is 1. The molecule has 0 radical (unpaired) electrons. The number of hydrogen-bond acceptors (Lipinski definition) is 4. The number of nitrogens with one attached hydrogen (secondary N) is 1.